The summed E-state index contributed by atoms with van der Waals surface area (Å²) in [6.07, 6.45) is 1.75. The average molecular weight is 358 g/mol. The molecule has 1 saturated heterocycles. The van der Waals surface area contributed by atoms with E-state index in [-0.39, 0.29) is 12.5 Å². The number of likely N-dealkylation sites (tertiary alicyclic amines) is 1. The summed E-state index contributed by atoms with van der Waals surface area (Å²) in [6, 6.07) is 5.40. The molecule has 5 nitrogen and oxygen atoms in total. The number of hydrazone groups is 1. The van der Waals surface area contributed by atoms with Crippen molar-refractivity contribution >= 4 is 34.8 Å². The van der Waals surface area contributed by atoms with Crippen molar-refractivity contribution in [2.45, 2.75) is 32.7 Å². The molecule has 0 bridgehead atoms. The molecule has 1 N–H and O–H groups in total. The topological polar surface area (TPSA) is 53.9 Å². The third kappa shape index (κ3) is 5.68. The minimum absolute atomic E-state index is 0.143. The van der Waals surface area contributed by atoms with Gasteiger partial charge >= 0.3 is 0 Å². The monoisotopic (exact) mass is 357 g/mol. The van der Waals surface area contributed by atoms with Gasteiger partial charge in [0.2, 0.25) is 0 Å². The van der Waals surface area contributed by atoms with Crippen LogP contribution in [0.15, 0.2) is 23.3 Å². The first-order chi connectivity index (χ1) is 11.0. The van der Waals surface area contributed by atoms with Crippen LogP contribution >= 0.6 is 23.2 Å². The minimum atomic E-state index is -0.310. The fourth-order valence-electron chi connectivity index (χ4n) is 2.32. The van der Waals surface area contributed by atoms with Gasteiger partial charge in [-0.2, -0.15) is 5.10 Å². The molecule has 1 aliphatic rings. The summed E-state index contributed by atoms with van der Waals surface area (Å²) in [4.78, 5) is 14.2. The first kappa shape index (κ1) is 18.0. The number of ether oxygens (including phenoxy) is 1. The normalized spacial score (nSPS) is 15.6. The van der Waals surface area contributed by atoms with E-state index in [1.165, 1.54) is 0 Å². The number of carbonyl (C=O) groups is 1. The second-order valence-corrected chi connectivity index (χ2v) is 6.55. The molecule has 0 atom stereocenters. The van der Waals surface area contributed by atoms with Crippen LogP contribution in [-0.2, 0) is 4.79 Å². The van der Waals surface area contributed by atoms with Crippen molar-refractivity contribution in [2.24, 2.45) is 5.10 Å². The van der Waals surface area contributed by atoms with E-state index in [4.69, 9.17) is 27.9 Å². The van der Waals surface area contributed by atoms with E-state index in [0.717, 1.165) is 31.6 Å². The molecule has 0 unspecified atom stereocenters. The number of piperidine rings is 1. The maximum atomic E-state index is 11.8. The first-order valence-electron chi connectivity index (χ1n) is 7.62. The zero-order valence-corrected chi connectivity index (χ0v) is 14.8. The number of amides is 1. The Labute approximate surface area is 146 Å². The lowest BCUT2D eigenvalue weighted by Gasteiger charge is -2.30. The Morgan fingerprint density at radius 3 is 2.65 bits per heavy atom. The second-order valence-electron chi connectivity index (χ2n) is 5.71. The highest BCUT2D eigenvalue weighted by molar-refractivity contribution is 6.35. The van der Waals surface area contributed by atoms with Crippen LogP contribution < -0.4 is 10.2 Å². The lowest BCUT2D eigenvalue weighted by atomic mass is 10.1. The summed E-state index contributed by atoms with van der Waals surface area (Å²) in [6.45, 7) is 6.18. The van der Waals surface area contributed by atoms with Crippen molar-refractivity contribution < 1.29 is 9.53 Å². The van der Waals surface area contributed by atoms with Crippen LogP contribution in [0.5, 0.6) is 5.75 Å². The highest BCUT2D eigenvalue weighted by Crippen LogP contribution is 2.27. The van der Waals surface area contributed by atoms with Gasteiger partial charge in [0, 0.05) is 42.7 Å². The van der Waals surface area contributed by atoms with Gasteiger partial charge in [0.25, 0.3) is 5.91 Å². The molecule has 1 fully saturated rings. The molecule has 0 radical (unpaired) electrons. The van der Waals surface area contributed by atoms with Crippen LogP contribution in [0.25, 0.3) is 0 Å². The molecule has 1 aliphatic heterocycles. The van der Waals surface area contributed by atoms with Crippen LogP contribution in [0, 0.1) is 0 Å². The summed E-state index contributed by atoms with van der Waals surface area (Å²) < 4.78 is 5.36. The van der Waals surface area contributed by atoms with Crippen molar-refractivity contribution in [3.05, 3.63) is 28.2 Å². The first-order valence-corrected chi connectivity index (χ1v) is 8.37. The van der Waals surface area contributed by atoms with E-state index in [1.807, 2.05) is 0 Å². The fourth-order valence-corrected chi connectivity index (χ4v) is 2.78. The minimum Gasteiger partial charge on any atom is -0.482 e. The van der Waals surface area contributed by atoms with Crippen molar-refractivity contribution in [1.82, 2.24) is 10.3 Å². The van der Waals surface area contributed by atoms with Crippen LogP contribution in [0.1, 0.15) is 26.7 Å². The van der Waals surface area contributed by atoms with E-state index in [9.17, 15) is 4.79 Å². The Balaban J connectivity index is 1.76. The van der Waals surface area contributed by atoms with E-state index in [2.05, 4.69) is 29.3 Å². The third-order valence-electron chi connectivity index (χ3n) is 3.70. The second kappa shape index (κ2) is 8.52. The quantitative estimate of drug-likeness (QED) is 0.822. The number of nitrogens with one attached hydrogen (secondary N) is 1. The maximum absolute atomic E-state index is 11.8. The Morgan fingerprint density at radius 1 is 1.35 bits per heavy atom. The summed E-state index contributed by atoms with van der Waals surface area (Å²) >= 11 is 11.8. The molecule has 7 heteroatoms. The van der Waals surface area contributed by atoms with Gasteiger partial charge in [0.1, 0.15) is 5.75 Å². The number of halogens is 2. The predicted octanol–water partition coefficient (Wildman–Crippen LogP) is 3.35. The molecular formula is C16H21Cl2N3O2. The summed E-state index contributed by atoms with van der Waals surface area (Å²) in [5.74, 6) is 0.110. The lowest BCUT2D eigenvalue weighted by Crippen LogP contribution is -2.39. The van der Waals surface area contributed by atoms with Crippen LogP contribution in [-0.4, -0.2) is 42.3 Å². The van der Waals surface area contributed by atoms with E-state index in [0.29, 0.717) is 21.8 Å². The van der Waals surface area contributed by atoms with Gasteiger partial charge in [-0.3, -0.25) is 4.79 Å². The molecule has 1 amide bonds. The molecule has 126 valence electrons. The van der Waals surface area contributed by atoms with Crippen LogP contribution in [0.4, 0.5) is 0 Å². The average Bonchev–Trinajstić information content (AvgIpc) is 2.52. The Bertz CT molecular complexity index is 581. The van der Waals surface area contributed by atoms with Crippen LogP contribution in [0.2, 0.25) is 10.0 Å². The van der Waals surface area contributed by atoms with Crippen molar-refractivity contribution in [3.8, 4) is 5.75 Å². The Hall–Kier alpha value is -1.30. The van der Waals surface area contributed by atoms with Gasteiger partial charge in [-0.25, -0.2) is 5.43 Å². The summed E-state index contributed by atoms with van der Waals surface area (Å²) in [5.41, 5.74) is 3.55. The van der Waals surface area contributed by atoms with Gasteiger partial charge < -0.3 is 9.64 Å². The van der Waals surface area contributed by atoms with Gasteiger partial charge in [-0.05, 0) is 32.0 Å². The standard InChI is InChI=1S/C16H21Cl2N3O2/c1-11(2)21-7-5-13(6-8-21)19-20-16(22)10-23-15-4-3-12(17)9-14(15)18/h3-4,9,11H,5-8,10H2,1-2H3,(H,20,22). The van der Waals surface area contributed by atoms with E-state index >= 15 is 0 Å². The number of nitrogens with zero attached hydrogens (tertiary/aromatic N) is 2. The number of benzene rings is 1. The Morgan fingerprint density at radius 2 is 2.04 bits per heavy atom. The molecule has 0 aliphatic carbocycles. The molecule has 1 heterocycles. The molecule has 0 spiro atoms. The number of hydrogen-bond donors (Lipinski definition) is 1. The molecule has 1 aromatic rings. The third-order valence-corrected chi connectivity index (χ3v) is 4.23. The SMILES string of the molecule is CC(C)N1CCC(=NNC(=O)COc2ccc(Cl)cc2Cl)CC1. The van der Waals surface area contributed by atoms with E-state index < -0.39 is 0 Å². The number of carbonyl (C=O) groups excluding carboxylic acids is 1. The molecular weight excluding hydrogens is 337 g/mol. The molecule has 23 heavy (non-hydrogen) atoms. The molecule has 0 saturated carbocycles. The maximum Gasteiger partial charge on any atom is 0.277 e. The highest BCUT2D eigenvalue weighted by atomic mass is 35.5. The van der Waals surface area contributed by atoms with Crippen LogP contribution in [0.3, 0.4) is 0 Å². The highest BCUT2D eigenvalue weighted by Gasteiger charge is 2.17. The zero-order valence-electron chi connectivity index (χ0n) is 13.3. The van der Waals surface area contributed by atoms with Crippen molar-refractivity contribution in [2.75, 3.05) is 19.7 Å². The predicted molar refractivity (Wildman–Crippen MR) is 93.5 cm³/mol. The zero-order chi connectivity index (χ0) is 16.8. The summed E-state index contributed by atoms with van der Waals surface area (Å²) in [7, 11) is 0. The van der Waals surface area contributed by atoms with Gasteiger partial charge in [0.15, 0.2) is 6.61 Å². The van der Waals surface area contributed by atoms with Crippen molar-refractivity contribution in [1.29, 1.82) is 0 Å². The Kier molecular flexibility index (Phi) is 6.69. The van der Waals surface area contributed by atoms with Gasteiger partial charge in [0.05, 0.1) is 5.02 Å². The molecule has 1 aromatic carbocycles. The smallest absolute Gasteiger partial charge is 0.277 e. The lowest BCUT2D eigenvalue weighted by molar-refractivity contribution is -0.123. The summed E-state index contributed by atoms with van der Waals surface area (Å²) in [5, 5.41) is 5.07. The van der Waals surface area contributed by atoms with Gasteiger partial charge in [-0.15, -0.1) is 0 Å². The number of rotatable bonds is 5. The fraction of sp³-hybridized carbons (Fsp3) is 0.500. The number of hydrogen-bond acceptors (Lipinski definition) is 4. The van der Waals surface area contributed by atoms with Crippen molar-refractivity contribution in [3.63, 3.8) is 0 Å². The van der Waals surface area contributed by atoms with Gasteiger partial charge in [-0.1, -0.05) is 23.2 Å². The van der Waals surface area contributed by atoms with E-state index in [1.54, 1.807) is 18.2 Å². The largest absolute Gasteiger partial charge is 0.482 e. The molecule has 2 rings (SSSR count). The molecule has 0 aromatic heterocycles.